The first-order valence-corrected chi connectivity index (χ1v) is 6.25. The van der Waals surface area contributed by atoms with E-state index in [1.54, 1.807) is 13.2 Å². The van der Waals surface area contributed by atoms with Gasteiger partial charge in [0.2, 0.25) is 0 Å². The van der Waals surface area contributed by atoms with Crippen LogP contribution in [0.15, 0.2) is 16.6 Å². The number of piperidine rings is 1. The summed E-state index contributed by atoms with van der Waals surface area (Å²) < 4.78 is 19.5. The van der Waals surface area contributed by atoms with Crippen molar-refractivity contribution < 1.29 is 9.13 Å². The van der Waals surface area contributed by atoms with Crippen LogP contribution in [0.4, 0.5) is 4.39 Å². The predicted octanol–water partition coefficient (Wildman–Crippen LogP) is 3.06. The van der Waals surface area contributed by atoms with Gasteiger partial charge in [0.25, 0.3) is 0 Å². The zero-order valence-corrected chi connectivity index (χ0v) is 10.8. The summed E-state index contributed by atoms with van der Waals surface area (Å²) in [5.74, 6) is 0.703. The number of benzene rings is 1. The summed E-state index contributed by atoms with van der Waals surface area (Å²) in [6, 6.07) is 3.01. The van der Waals surface area contributed by atoms with Gasteiger partial charge in [-0.05, 0) is 52.9 Å². The molecule has 0 bridgehead atoms. The first-order chi connectivity index (χ1) is 7.72. The SMILES string of the molecule is COc1cc(F)cc(C2CCCNC2)c1Br. The van der Waals surface area contributed by atoms with E-state index in [1.807, 2.05) is 0 Å². The number of nitrogens with one attached hydrogen (secondary N) is 1. The molecule has 1 aromatic rings. The van der Waals surface area contributed by atoms with Crippen molar-refractivity contribution >= 4 is 15.9 Å². The molecule has 1 atom stereocenters. The molecule has 88 valence electrons. The lowest BCUT2D eigenvalue weighted by Gasteiger charge is -2.24. The summed E-state index contributed by atoms with van der Waals surface area (Å²) in [7, 11) is 1.56. The van der Waals surface area contributed by atoms with Crippen molar-refractivity contribution in [2.75, 3.05) is 20.2 Å². The van der Waals surface area contributed by atoms with Crippen LogP contribution in [0.25, 0.3) is 0 Å². The van der Waals surface area contributed by atoms with Crippen LogP contribution in [-0.4, -0.2) is 20.2 Å². The Labute approximate surface area is 103 Å². The smallest absolute Gasteiger partial charge is 0.136 e. The largest absolute Gasteiger partial charge is 0.495 e. The Kier molecular flexibility index (Phi) is 3.82. The normalized spacial score (nSPS) is 20.8. The second-order valence-corrected chi connectivity index (χ2v) is 4.85. The van der Waals surface area contributed by atoms with E-state index in [4.69, 9.17) is 4.74 Å². The minimum absolute atomic E-state index is 0.236. The number of rotatable bonds is 2. The molecular formula is C12H15BrFNO. The molecule has 0 aliphatic carbocycles. The Hall–Kier alpha value is -0.610. The van der Waals surface area contributed by atoms with E-state index in [0.717, 1.165) is 36.0 Å². The van der Waals surface area contributed by atoms with Gasteiger partial charge in [0.05, 0.1) is 11.6 Å². The van der Waals surface area contributed by atoms with Gasteiger partial charge < -0.3 is 10.1 Å². The Balaban J connectivity index is 2.34. The molecule has 16 heavy (non-hydrogen) atoms. The molecule has 2 rings (SSSR count). The molecule has 1 aliphatic heterocycles. The minimum atomic E-state index is -0.236. The summed E-state index contributed by atoms with van der Waals surface area (Å²) in [4.78, 5) is 0. The zero-order valence-electron chi connectivity index (χ0n) is 9.22. The summed E-state index contributed by atoms with van der Waals surface area (Å²) in [6.07, 6.45) is 2.23. The van der Waals surface area contributed by atoms with Gasteiger partial charge in [-0.15, -0.1) is 0 Å². The van der Waals surface area contributed by atoms with Crippen LogP contribution in [0.2, 0.25) is 0 Å². The molecule has 1 saturated heterocycles. The molecule has 0 spiro atoms. The lowest BCUT2D eigenvalue weighted by Crippen LogP contribution is -2.28. The van der Waals surface area contributed by atoms with Gasteiger partial charge in [0, 0.05) is 12.6 Å². The predicted molar refractivity (Wildman–Crippen MR) is 65.5 cm³/mol. The lowest BCUT2D eigenvalue weighted by atomic mass is 9.91. The molecule has 1 N–H and O–H groups in total. The highest BCUT2D eigenvalue weighted by Crippen LogP contribution is 2.36. The molecule has 0 radical (unpaired) electrons. The maximum absolute atomic E-state index is 13.4. The van der Waals surface area contributed by atoms with E-state index in [0.29, 0.717) is 11.7 Å². The van der Waals surface area contributed by atoms with E-state index >= 15 is 0 Å². The number of methoxy groups -OCH3 is 1. The molecule has 1 aromatic carbocycles. The number of hydrogen-bond acceptors (Lipinski definition) is 2. The number of ether oxygens (including phenoxy) is 1. The molecule has 4 heteroatoms. The van der Waals surface area contributed by atoms with Crippen molar-refractivity contribution in [3.63, 3.8) is 0 Å². The first-order valence-electron chi connectivity index (χ1n) is 5.46. The van der Waals surface area contributed by atoms with Crippen molar-refractivity contribution in [1.82, 2.24) is 5.32 Å². The van der Waals surface area contributed by atoms with E-state index in [1.165, 1.54) is 6.07 Å². The highest BCUT2D eigenvalue weighted by atomic mass is 79.9. The zero-order chi connectivity index (χ0) is 11.5. The van der Waals surface area contributed by atoms with Gasteiger partial charge in [-0.1, -0.05) is 0 Å². The maximum Gasteiger partial charge on any atom is 0.136 e. The standard InChI is InChI=1S/C12H15BrFNO/c1-16-11-6-9(14)5-10(12(11)13)8-3-2-4-15-7-8/h5-6,8,15H,2-4,7H2,1H3. The van der Waals surface area contributed by atoms with Gasteiger partial charge in [-0.25, -0.2) is 4.39 Å². The summed E-state index contributed by atoms with van der Waals surface area (Å²) in [6.45, 7) is 1.96. The first kappa shape index (κ1) is 11.9. The number of hydrogen-bond donors (Lipinski definition) is 1. The third-order valence-electron chi connectivity index (χ3n) is 2.99. The van der Waals surface area contributed by atoms with Crippen LogP contribution in [-0.2, 0) is 0 Å². The van der Waals surface area contributed by atoms with Gasteiger partial charge in [0.15, 0.2) is 0 Å². The summed E-state index contributed by atoms with van der Waals surface area (Å²) >= 11 is 3.49. The van der Waals surface area contributed by atoms with Crippen LogP contribution in [0.5, 0.6) is 5.75 Å². The second kappa shape index (κ2) is 5.15. The van der Waals surface area contributed by atoms with E-state index < -0.39 is 0 Å². The van der Waals surface area contributed by atoms with Gasteiger partial charge in [0.1, 0.15) is 11.6 Å². The van der Waals surface area contributed by atoms with Gasteiger partial charge >= 0.3 is 0 Å². The van der Waals surface area contributed by atoms with Crippen molar-refractivity contribution in [3.05, 3.63) is 28.0 Å². The molecule has 1 fully saturated rings. The fourth-order valence-electron chi connectivity index (χ4n) is 2.15. The van der Waals surface area contributed by atoms with Crippen molar-refractivity contribution in [2.24, 2.45) is 0 Å². The summed E-state index contributed by atoms with van der Waals surface area (Å²) in [5, 5.41) is 3.33. The van der Waals surface area contributed by atoms with Crippen molar-refractivity contribution in [1.29, 1.82) is 0 Å². The summed E-state index contributed by atoms with van der Waals surface area (Å²) in [5.41, 5.74) is 1.00. The monoisotopic (exact) mass is 287 g/mol. The molecule has 1 aliphatic rings. The van der Waals surface area contributed by atoms with Crippen molar-refractivity contribution in [3.8, 4) is 5.75 Å². The molecule has 1 heterocycles. The Morgan fingerprint density at radius 3 is 2.94 bits per heavy atom. The lowest BCUT2D eigenvalue weighted by molar-refractivity contribution is 0.403. The molecule has 0 saturated carbocycles. The Morgan fingerprint density at radius 2 is 2.31 bits per heavy atom. The van der Waals surface area contributed by atoms with E-state index in [2.05, 4.69) is 21.2 Å². The topological polar surface area (TPSA) is 21.3 Å². The Bertz CT molecular complexity index is 378. The average Bonchev–Trinajstić information content (AvgIpc) is 2.33. The fraction of sp³-hybridized carbons (Fsp3) is 0.500. The van der Waals surface area contributed by atoms with Crippen molar-refractivity contribution in [2.45, 2.75) is 18.8 Å². The minimum Gasteiger partial charge on any atom is -0.495 e. The average molecular weight is 288 g/mol. The van der Waals surface area contributed by atoms with Crippen LogP contribution in [0, 0.1) is 5.82 Å². The fourth-order valence-corrected chi connectivity index (χ4v) is 2.86. The van der Waals surface area contributed by atoms with Crippen LogP contribution < -0.4 is 10.1 Å². The van der Waals surface area contributed by atoms with E-state index in [-0.39, 0.29) is 5.82 Å². The van der Waals surface area contributed by atoms with Gasteiger partial charge in [-0.2, -0.15) is 0 Å². The molecule has 2 nitrogen and oxygen atoms in total. The van der Waals surface area contributed by atoms with Crippen LogP contribution in [0.3, 0.4) is 0 Å². The van der Waals surface area contributed by atoms with E-state index in [9.17, 15) is 4.39 Å². The molecular weight excluding hydrogens is 273 g/mol. The molecule has 1 unspecified atom stereocenters. The third-order valence-corrected chi connectivity index (χ3v) is 3.84. The highest BCUT2D eigenvalue weighted by Gasteiger charge is 2.20. The molecule has 0 amide bonds. The van der Waals surface area contributed by atoms with Crippen LogP contribution >= 0.6 is 15.9 Å². The maximum atomic E-state index is 13.4. The number of halogens is 2. The Morgan fingerprint density at radius 1 is 1.50 bits per heavy atom. The highest BCUT2D eigenvalue weighted by molar-refractivity contribution is 9.10. The third kappa shape index (κ3) is 2.38. The van der Waals surface area contributed by atoms with Gasteiger partial charge in [-0.3, -0.25) is 0 Å². The molecule has 0 aromatic heterocycles. The second-order valence-electron chi connectivity index (χ2n) is 4.05. The quantitative estimate of drug-likeness (QED) is 0.903. The van der Waals surface area contributed by atoms with Crippen LogP contribution in [0.1, 0.15) is 24.3 Å².